The number of thiophene rings is 1. The predicted molar refractivity (Wildman–Crippen MR) is 122 cm³/mol. The van der Waals surface area contributed by atoms with E-state index in [0.717, 1.165) is 48.9 Å². The molecule has 1 aromatic carbocycles. The van der Waals surface area contributed by atoms with Gasteiger partial charge < -0.3 is 15.6 Å². The van der Waals surface area contributed by atoms with Gasteiger partial charge in [-0.2, -0.15) is 11.3 Å². The molecule has 0 bridgehead atoms. The number of aromatic nitrogens is 2. The number of imidazole rings is 1. The van der Waals surface area contributed by atoms with E-state index >= 15 is 0 Å². The number of hydrogen-bond donors (Lipinski definition) is 3. The molecule has 0 aliphatic carbocycles. The maximum atomic E-state index is 4.71. The monoisotopic (exact) mass is 483 g/mol. The van der Waals surface area contributed by atoms with Gasteiger partial charge in [0.05, 0.1) is 11.0 Å². The number of nitrogens with zero attached hydrogens (tertiary/aromatic N) is 2. The molecule has 3 aromatic rings. The van der Waals surface area contributed by atoms with Gasteiger partial charge in [0, 0.05) is 32.0 Å². The van der Waals surface area contributed by atoms with Crippen molar-refractivity contribution in [1.82, 2.24) is 20.6 Å². The number of para-hydroxylation sites is 2. The summed E-state index contributed by atoms with van der Waals surface area (Å²) < 4.78 is 0. The normalized spacial score (nSPS) is 12.6. The van der Waals surface area contributed by atoms with Crippen LogP contribution in [-0.4, -0.2) is 35.6 Å². The maximum absolute atomic E-state index is 4.71. The Kier molecular flexibility index (Phi) is 8.37. The zero-order chi connectivity index (χ0) is 17.5. The van der Waals surface area contributed by atoms with Crippen LogP contribution in [0.2, 0.25) is 0 Å². The second-order valence-corrected chi connectivity index (χ2v) is 6.83. The van der Waals surface area contributed by atoms with Crippen molar-refractivity contribution >= 4 is 52.3 Å². The first kappa shape index (κ1) is 20.7. The molecule has 0 fully saturated rings. The number of guanidine groups is 1. The van der Waals surface area contributed by atoms with Crippen LogP contribution >= 0.6 is 35.3 Å². The molecule has 0 aliphatic rings. The van der Waals surface area contributed by atoms with E-state index in [-0.39, 0.29) is 24.0 Å². The third kappa shape index (κ3) is 5.70. The van der Waals surface area contributed by atoms with Gasteiger partial charge in [0.2, 0.25) is 0 Å². The number of halogens is 1. The molecule has 0 saturated heterocycles. The third-order valence-electron chi connectivity index (χ3n) is 4.07. The van der Waals surface area contributed by atoms with Crippen molar-refractivity contribution in [3.8, 4) is 0 Å². The Labute approximate surface area is 175 Å². The summed E-state index contributed by atoms with van der Waals surface area (Å²) in [6.07, 6.45) is 0.833. The Balaban J connectivity index is 0.00000243. The van der Waals surface area contributed by atoms with Gasteiger partial charge in [-0.3, -0.25) is 4.99 Å². The number of nitrogens with one attached hydrogen (secondary N) is 3. The first-order valence-electron chi connectivity index (χ1n) is 8.74. The lowest BCUT2D eigenvalue weighted by molar-refractivity contribution is 0.742. The fourth-order valence-electron chi connectivity index (χ4n) is 2.65. The van der Waals surface area contributed by atoms with Gasteiger partial charge in [0.15, 0.2) is 5.96 Å². The Morgan fingerprint density at radius 1 is 1.27 bits per heavy atom. The number of rotatable bonds is 7. The van der Waals surface area contributed by atoms with Crippen molar-refractivity contribution in [3.63, 3.8) is 0 Å². The summed E-state index contributed by atoms with van der Waals surface area (Å²) in [6.45, 7) is 6.71. The molecular weight excluding hydrogens is 457 g/mol. The van der Waals surface area contributed by atoms with Gasteiger partial charge in [-0.1, -0.05) is 19.1 Å². The van der Waals surface area contributed by atoms with Crippen molar-refractivity contribution in [2.75, 3.05) is 19.6 Å². The summed E-state index contributed by atoms with van der Waals surface area (Å²) in [7, 11) is 0. The summed E-state index contributed by atoms with van der Waals surface area (Å²) >= 11 is 1.74. The average Bonchev–Trinajstić information content (AvgIpc) is 3.28. The topological polar surface area (TPSA) is 65.1 Å². The molecule has 0 spiro atoms. The predicted octanol–water partition coefficient (Wildman–Crippen LogP) is 4.14. The van der Waals surface area contributed by atoms with E-state index in [2.05, 4.69) is 57.3 Å². The van der Waals surface area contributed by atoms with Gasteiger partial charge >= 0.3 is 0 Å². The number of aliphatic imine (C=N–C) groups is 1. The van der Waals surface area contributed by atoms with Crippen molar-refractivity contribution in [1.29, 1.82) is 0 Å². The minimum Gasteiger partial charge on any atom is -0.357 e. The van der Waals surface area contributed by atoms with E-state index in [1.165, 1.54) is 5.56 Å². The molecule has 5 nitrogen and oxygen atoms in total. The highest BCUT2D eigenvalue weighted by Gasteiger charge is 2.06. The van der Waals surface area contributed by atoms with Gasteiger partial charge in [-0.05, 0) is 41.4 Å². The van der Waals surface area contributed by atoms with Gasteiger partial charge in [0.1, 0.15) is 5.82 Å². The first-order valence-corrected chi connectivity index (χ1v) is 9.68. The van der Waals surface area contributed by atoms with Crippen LogP contribution in [-0.2, 0) is 6.42 Å². The van der Waals surface area contributed by atoms with Crippen molar-refractivity contribution in [2.45, 2.75) is 26.2 Å². The van der Waals surface area contributed by atoms with E-state index in [1.54, 1.807) is 11.3 Å². The maximum Gasteiger partial charge on any atom is 0.191 e. The number of H-pyrrole nitrogens is 1. The van der Waals surface area contributed by atoms with Crippen LogP contribution in [0.15, 0.2) is 46.1 Å². The van der Waals surface area contributed by atoms with Gasteiger partial charge in [-0.15, -0.1) is 24.0 Å². The van der Waals surface area contributed by atoms with E-state index in [0.29, 0.717) is 5.92 Å². The molecular formula is C19H26IN5S. The smallest absolute Gasteiger partial charge is 0.191 e. The zero-order valence-corrected chi connectivity index (χ0v) is 18.3. The fourth-order valence-corrected chi connectivity index (χ4v) is 3.44. The first-order chi connectivity index (χ1) is 12.3. The van der Waals surface area contributed by atoms with E-state index in [4.69, 9.17) is 4.99 Å². The van der Waals surface area contributed by atoms with Crippen molar-refractivity contribution in [3.05, 3.63) is 52.5 Å². The largest absolute Gasteiger partial charge is 0.357 e. The Morgan fingerprint density at radius 2 is 2.12 bits per heavy atom. The molecule has 0 aliphatic heterocycles. The lowest BCUT2D eigenvalue weighted by Gasteiger charge is -2.12. The highest BCUT2D eigenvalue weighted by Crippen LogP contribution is 2.18. The molecule has 26 heavy (non-hydrogen) atoms. The summed E-state index contributed by atoms with van der Waals surface area (Å²) in [5.74, 6) is 2.29. The number of fused-ring (bicyclic) bond motifs is 1. The Bertz CT molecular complexity index is 779. The van der Waals surface area contributed by atoms with Gasteiger partial charge in [-0.25, -0.2) is 4.98 Å². The van der Waals surface area contributed by atoms with Crippen molar-refractivity contribution < 1.29 is 0 Å². The van der Waals surface area contributed by atoms with Crippen LogP contribution < -0.4 is 10.6 Å². The van der Waals surface area contributed by atoms with Crippen LogP contribution in [0.5, 0.6) is 0 Å². The second kappa shape index (κ2) is 10.5. The molecule has 140 valence electrons. The van der Waals surface area contributed by atoms with Crippen LogP contribution in [0.25, 0.3) is 11.0 Å². The van der Waals surface area contributed by atoms with E-state index < -0.39 is 0 Å². The molecule has 3 rings (SSSR count). The lowest BCUT2D eigenvalue weighted by atomic mass is 10.1. The van der Waals surface area contributed by atoms with Crippen LogP contribution in [0.1, 0.15) is 31.2 Å². The van der Waals surface area contributed by atoms with E-state index in [9.17, 15) is 0 Å². The average molecular weight is 483 g/mol. The van der Waals surface area contributed by atoms with Gasteiger partial charge in [0.25, 0.3) is 0 Å². The minimum atomic E-state index is 0. The quantitative estimate of drug-likeness (QED) is 0.269. The Morgan fingerprint density at radius 3 is 2.85 bits per heavy atom. The molecule has 1 unspecified atom stereocenters. The Hall–Kier alpha value is -1.61. The molecule has 2 heterocycles. The molecule has 0 saturated carbocycles. The highest BCUT2D eigenvalue weighted by molar-refractivity contribution is 14.0. The molecule has 2 aromatic heterocycles. The molecule has 0 amide bonds. The molecule has 0 radical (unpaired) electrons. The third-order valence-corrected chi connectivity index (χ3v) is 4.77. The lowest BCUT2D eigenvalue weighted by Crippen LogP contribution is -2.38. The van der Waals surface area contributed by atoms with Crippen LogP contribution in [0.4, 0.5) is 0 Å². The standard InChI is InChI=1S/C19H25N5S.HI/c1-3-20-19(22-12-14(2)15-9-11-25-13-15)21-10-8-18-23-16-6-4-5-7-17(16)24-18;/h4-7,9,11,13-14H,3,8,10,12H2,1-2H3,(H,23,24)(H2,20,21,22);1H. The number of aromatic amines is 1. The minimum absolute atomic E-state index is 0. The number of benzene rings is 1. The molecule has 3 N–H and O–H groups in total. The molecule has 1 atom stereocenters. The fraction of sp³-hybridized carbons (Fsp3) is 0.368. The molecule has 7 heteroatoms. The number of hydrogen-bond acceptors (Lipinski definition) is 3. The second-order valence-electron chi connectivity index (χ2n) is 6.05. The SMILES string of the molecule is CCNC(=NCC(C)c1ccsc1)NCCc1nc2ccccc2[nH]1.I. The summed E-state index contributed by atoms with van der Waals surface area (Å²) in [6, 6.07) is 10.3. The van der Waals surface area contributed by atoms with Crippen LogP contribution in [0, 0.1) is 0 Å². The zero-order valence-electron chi connectivity index (χ0n) is 15.2. The summed E-state index contributed by atoms with van der Waals surface area (Å²) in [5.41, 5.74) is 3.46. The summed E-state index contributed by atoms with van der Waals surface area (Å²) in [5, 5.41) is 11.0. The van der Waals surface area contributed by atoms with Crippen molar-refractivity contribution in [2.24, 2.45) is 4.99 Å². The van der Waals surface area contributed by atoms with Crippen LogP contribution in [0.3, 0.4) is 0 Å². The highest BCUT2D eigenvalue weighted by atomic mass is 127. The van der Waals surface area contributed by atoms with E-state index in [1.807, 2.05) is 18.2 Å². The summed E-state index contributed by atoms with van der Waals surface area (Å²) in [4.78, 5) is 12.7.